The Labute approximate surface area is 102 Å². The van der Waals surface area contributed by atoms with Gasteiger partial charge >= 0.3 is 7.12 Å². The summed E-state index contributed by atoms with van der Waals surface area (Å²) in [6.07, 6.45) is 0. The van der Waals surface area contributed by atoms with Crippen molar-refractivity contribution >= 4 is 29.0 Å². The monoisotopic (exact) mass is 242 g/mol. The topological polar surface area (TPSA) is 107 Å². The SMILES string of the molecule is N#Cc1c([N+](=O)[O-])cc2ccccc2c1B(O)O. The van der Waals surface area contributed by atoms with E-state index >= 15 is 0 Å². The predicted molar refractivity (Wildman–Crippen MR) is 65.1 cm³/mol. The minimum absolute atomic E-state index is 0.137. The van der Waals surface area contributed by atoms with Crippen LogP contribution in [-0.4, -0.2) is 22.1 Å². The molecule has 2 N–H and O–H groups in total. The lowest BCUT2D eigenvalue weighted by molar-refractivity contribution is -0.384. The number of rotatable bonds is 2. The smallest absolute Gasteiger partial charge is 0.423 e. The standard InChI is InChI=1S/C11H7BN2O4/c13-6-9-10(14(17)18)5-7-3-1-2-4-8(7)11(9)12(15)16/h1-5,15-16H. The predicted octanol–water partition coefficient (Wildman–Crippen LogP) is 0.299. The van der Waals surface area contributed by atoms with Gasteiger partial charge in [-0.05, 0) is 10.8 Å². The molecule has 6 nitrogen and oxygen atoms in total. The van der Waals surface area contributed by atoms with Crippen molar-refractivity contribution in [2.75, 3.05) is 0 Å². The molecule has 0 saturated heterocycles. The fourth-order valence-electron chi connectivity index (χ4n) is 1.89. The second kappa shape index (κ2) is 4.45. The van der Waals surface area contributed by atoms with Crippen molar-refractivity contribution in [3.8, 4) is 6.07 Å². The summed E-state index contributed by atoms with van der Waals surface area (Å²) < 4.78 is 0. The summed E-state index contributed by atoms with van der Waals surface area (Å²) in [5.41, 5.74) is -0.893. The number of hydrogen-bond donors (Lipinski definition) is 2. The van der Waals surface area contributed by atoms with Crippen LogP contribution in [0.2, 0.25) is 0 Å². The van der Waals surface area contributed by atoms with Crippen LogP contribution in [0.4, 0.5) is 5.69 Å². The first kappa shape index (κ1) is 12.0. The van der Waals surface area contributed by atoms with E-state index in [1.165, 1.54) is 6.07 Å². The van der Waals surface area contributed by atoms with Gasteiger partial charge in [-0.3, -0.25) is 10.1 Å². The van der Waals surface area contributed by atoms with Crippen LogP contribution in [0.25, 0.3) is 10.8 Å². The normalized spacial score (nSPS) is 10.1. The highest BCUT2D eigenvalue weighted by Gasteiger charge is 2.27. The van der Waals surface area contributed by atoms with E-state index in [4.69, 9.17) is 5.26 Å². The Morgan fingerprint density at radius 2 is 2.00 bits per heavy atom. The summed E-state index contributed by atoms with van der Waals surface area (Å²) in [5, 5.41) is 39.4. The van der Waals surface area contributed by atoms with Gasteiger partial charge in [0.05, 0.1) is 4.92 Å². The Morgan fingerprint density at radius 1 is 1.33 bits per heavy atom. The molecular weight excluding hydrogens is 235 g/mol. The molecule has 2 rings (SSSR count). The number of hydrogen-bond acceptors (Lipinski definition) is 5. The van der Waals surface area contributed by atoms with Crippen molar-refractivity contribution in [1.82, 2.24) is 0 Å². The van der Waals surface area contributed by atoms with Crippen molar-refractivity contribution in [3.05, 3.63) is 46.0 Å². The van der Waals surface area contributed by atoms with Gasteiger partial charge in [0.15, 0.2) is 0 Å². The molecule has 0 aliphatic carbocycles. The summed E-state index contributed by atoms with van der Waals surface area (Å²) in [5.74, 6) is 0. The molecule has 18 heavy (non-hydrogen) atoms. The highest BCUT2D eigenvalue weighted by atomic mass is 16.6. The fraction of sp³-hybridized carbons (Fsp3) is 0. The first-order valence-corrected chi connectivity index (χ1v) is 5.02. The van der Waals surface area contributed by atoms with E-state index in [2.05, 4.69) is 0 Å². The van der Waals surface area contributed by atoms with Gasteiger partial charge in [0, 0.05) is 11.5 Å². The largest absolute Gasteiger partial charge is 0.490 e. The van der Waals surface area contributed by atoms with Crippen LogP contribution in [-0.2, 0) is 0 Å². The van der Waals surface area contributed by atoms with Gasteiger partial charge in [0.25, 0.3) is 5.69 Å². The molecule has 0 saturated carbocycles. The van der Waals surface area contributed by atoms with E-state index in [1.54, 1.807) is 30.3 Å². The van der Waals surface area contributed by atoms with Gasteiger partial charge in [0.1, 0.15) is 11.6 Å². The minimum Gasteiger partial charge on any atom is -0.423 e. The molecule has 0 fully saturated rings. The number of fused-ring (bicyclic) bond motifs is 1. The lowest BCUT2D eigenvalue weighted by atomic mass is 9.73. The first-order chi connectivity index (χ1) is 8.56. The molecule has 0 amide bonds. The molecule has 0 bridgehead atoms. The molecule has 0 aliphatic heterocycles. The fourth-order valence-corrected chi connectivity index (χ4v) is 1.89. The highest BCUT2D eigenvalue weighted by molar-refractivity contribution is 6.63. The van der Waals surface area contributed by atoms with Gasteiger partial charge in [0.2, 0.25) is 0 Å². The maximum atomic E-state index is 10.9. The van der Waals surface area contributed by atoms with Crippen LogP contribution in [0.1, 0.15) is 5.56 Å². The van der Waals surface area contributed by atoms with Crippen LogP contribution in [0, 0.1) is 21.4 Å². The zero-order valence-electron chi connectivity index (χ0n) is 9.07. The average molecular weight is 242 g/mol. The Balaban J connectivity index is 2.98. The van der Waals surface area contributed by atoms with Gasteiger partial charge in [-0.2, -0.15) is 5.26 Å². The quantitative estimate of drug-likeness (QED) is 0.447. The van der Waals surface area contributed by atoms with Gasteiger partial charge < -0.3 is 10.0 Å². The lowest BCUT2D eigenvalue weighted by Crippen LogP contribution is -2.33. The molecule has 0 aliphatic rings. The second-order valence-electron chi connectivity index (χ2n) is 3.65. The van der Waals surface area contributed by atoms with Crippen molar-refractivity contribution in [1.29, 1.82) is 5.26 Å². The van der Waals surface area contributed by atoms with E-state index < -0.39 is 17.7 Å². The molecule has 0 aromatic heterocycles. The first-order valence-electron chi connectivity index (χ1n) is 5.02. The number of benzene rings is 2. The molecular formula is C11H7BN2O4. The van der Waals surface area contributed by atoms with E-state index in [9.17, 15) is 20.2 Å². The third-order valence-corrected chi connectivity index (χ3v) is 2.64. The Morgan fingerprint density at radius 3 is 2.56 bits per heavy atom. The molecule has 2 aromatic carbocycles. The zero-order chi connectivity index (χ0) is 13.3. The molecule has 0 radical (unpaired) electrons. The average Bonchev–Trinajstić information content (AvgIpc) is 2.35. The summed E-state index contributed by atoms with van der Waals surface area (Å²) in [6.45, 7) is 0. The molecule has 0 heterocycles. The summed E-state index contributed by atoms with van der Waals surface area (Å²) in [6, 6.07) is 9.42. The molecule has 0 atom stereocenters. The number of nitro groups is 1. The maximum Gasteiger partial charge on any atom is 0.490 e. The molecule has 0 spiro atoms. The molecule has 2 aromatic rings. The van der Waals surface area contributed by atoms with Gasteiger partial charge in [-0.15, -0.1) is 0 Å². The number of nitrogens with zero attached hydrogens (tertiary/aromatic N) is 2. The number of nitro benzene ring substituents is 1. The lowest BCUT2D eigenvalue weighted by Gasteiger charge is -2.08. The van der Waals surface area contributed by atoms with Crippen LogP contribution in [0.5, 0.6) is 0 Å². The van der Waals surface area contributed by atoms with Crippen molar-refractivity contribution in [2.45, 2.75) is 0 Å². The third-order valence-electron chi connectivity index (χ3n) is 2.64. The zero-order valence-corrected chi connectivity index (χ0v) is 9.07. The van der Waals surface area contributed by atoms with Crippen LogP contribution in [0.3, 0.4) is 0 Å². The second-order valence-corrected chi connectivity index (χ2v) is 3.65. The maximum absolute atomic E-state index is 10.9. The molecule has 0 unspecified atom stereocenters. The van der Waals surface area contributed by atoms with Crippen LogP contribution < -0.4 is 5.46 Å². The van der Waals surface area contributed by atoms with Crippen molar-refractivity contribution in [2.24, 2.45) is 0 Å². The van der Waals surface area contributed by atoms with Gasteiger partial charge in [-0.25, -0.2) is 0 Å². The van der Waals surface area contributed by atoms with Gasteiger partial charge in [-0.1, -0.05) is 24.3 Å². The van der Waals surface area contributed by atoms with Crippen molar-refractivity contribution in [3.63, 3.8) is 0 Å². The Hall–Kier alpha value is -2.43. The Bertz CT molecular complexity index is 679. The summed E-state index contributed by atoms with van der Waals surface area (Å²) in [4.78, 5) is 10.2. The van der Waals surface area contributed by atoms with E-state index in [0.717, 1.165) is 0 Å². The summed E-state index contributed by atoms with van der Waals surface area (Å²) in [7, 11) is -1.94. The van der Waals surface area contributed by atoms with Crippen LogP contribution in [0.15, 0.2) is 30.3 Å². The minimum atomic E-state index is -1.94. The number of nitriles is 1. The summed E-state index contributed by atoms with van der Waals surface area (Å²) >= 11 is 0. The van der Waals surface area contributed by atoms with E-state index in [-0.39, 0.29) is 11.0 Å². The van der Waals surface area contributed by atoms with Crippen molar-refractivity contribution < 1.29 is 15.0 Å². The Kier molecular flexibility index (Phi) is 2.98. The third kappa shape index (κ3) is 1.80. The molecule has 88 valence electrons. The van der Waals surface area contributed by atoms with Crippen LogP contribution >= 0.6 is 0 Å². The van der Waals surface area contributed by atoms with E-state index in [1.807, 2.05) is 0 Å². The van der Waals surface area contributed by atoms with E-state index in [0.29, 0.717) is 10.8 Å². The molecule has 7 heteroatoms. The highest BCUT2D eigenvalue weighted by Crippen LogP contribution is 2.23.